The van der Waals surface area contributed by atoms with Crippen molar-refractivity contribution < 1.29 is 0 Å². The third-order valence-corrected chi connectivity index (χ3v) is 3.41. The molecule has 2 N–H and O–H groups in total. The fourth-order valence-electron chi connectivity index (χ4n) is 2.66. The summed E-state index contributed by atoms with van der Waals surface area (Å²) in [5.41, 5.74) is 8.02. The average Bonchev–Trinajstić information content (AvgIpc) is 2.65. The van der Waals surface area contributed by atoms with Crippen LogP contribution in [0.5, 0.6) is 0 Å². The molecule has 17 heavy (non-hydrogen) atoms. The minimum Gasteiger partial charge on any atom is -0.399 e. The second kappa shape index (κ2) is 5.52. The lowest BCUT2D eigenvalue weighted by Crippen LogP contribution is -2.37. The number of hydrogen-bond acceptors (Lipinski definition) is 3. The summed E-state index contributed by atoms with van der Waals surface area (Å²) in [6, 6.07) is 8.95. The van der Waals surface area contributed by atoms with Gasteiger partial charge < -0.3 is 10.6 Å². The second-order valence-corrected chi connectivity index (χ2v) is 5.27. The number of likely N-dealkylation sites (tertiary alicyclic amines) is 1. The van der Waals surface area contributed by atoms with Gasteiger partial charge in [0.25, 0.3) is 0 Å². The topological polar surface area (TPSA) is 32.5 Å². The molecule has 1 aliphatic rings. The summed E-state index contributed by atoms with van der Waals surface area (Å²) in [7, 11) is 4.30. The minimum atomic E-state index is 0.700. The van der Waals surface area contributed by atoms with Crippen LogP contribution in [0, 0.1) is 0 Å². The van der Waals surface area contributed by atoms with Crippen LogP contribution in [-0.4, -0.2) is 43.0 Å². The predicted octanol–water partition coefficient (Wildman–Crippen LogP) is 1.79. The average molecular weight is 233 g/mol. The minimum absolute atomic E-state index is 0.700. The van der Waals surface area contributed by atoms with E-state index in [-0.39, 0.29) is 0 Å². The first-order valence-electron chi connectivity index (χ1n) is 6.38. The van der Waals surface area contributed by atoms with E-state index in [1.807, 2.05) is 12.1 Å². The molecule has 1 fully saturated rings. The molecule has 2 rings (SSSR count). The number of nitrogen functional groups attached to an aromatic ring is 1. The number of rotatable bonds is 4. The Kier molecular flexibility index (Phi) is 4.02. The van der Waals surface area contributed by atoms with Crippen LogP contribution in [0.3, 0.4) is 0 Å². The molecule has 0 radical (unpaired) electrons. The maximum Gasteiger partial charge on any atom is 0.0317 e. The summed E-state index contributed by atoms with van der Waals surface area (Å²) in [4.78, 5) is 4.86. The molecular formula is C14H23N3. The molecule has 0 amide bonds. The van der Waals surface area contributed by atoms with Crippen LogP contribution in [0.15, 0.2) is 24.3 Å². The Balaban J connectivity index is 1.97. The van der Waals surface area contributed by atoms with Gasteiger partial charge in [0.05, 0.1) is 0 Å². The van der Waals surface area contributed by atoms with Crippen LogP contribution in [0.4, 0.5) is 5.69 Å². The molecule has 0 saturated carbocycles. The molecule has 1 aromatic rings. The van der Waals surface area contributed by atoms with Crippen molar-refractivity contribution in [2.24, 2.45) is 0 Å². The fourth-order valence-corrected chi connectivity index (χ4v) is 2.66. The highest BCUT2D eigenvalue weighted by Crippen LogP contribution is 2.21. The van der Waals surface area contributed by atoms with Gasteiger partial charge in [0.15, 0.2) is 0 Å². The quantitative estimate of drug-likeness (QED) is 0.805. The summed E-state index contributed by atoms with van der Waals surface area (Å²) < 4.78 is 0. The van der Waals surface area contributed by atoms with E-state index in [0.717, 1.165) is 18.8 Å². The van der Waals surface area contributed by atoms with Crippen molar-refractivity contribution in [2.45, 2.75) is 25.4 Å². The standard InChI is InChI=1S/C14H23N3/c1-16(2)11-14-7-4-8-17(14)10-12-5-3-6-13(15)9-12/h3,5-6,9,14H,4,7-8,10-11,15H2,1-2H3. The molecule has 1 aromatic carbocycles. The van der Waals surface area contributed by atoms with Gasteiger partial charge in [0.1, 0.15) is 0 Å². The van der Waals surface area contributed by atoms with Crippen LogP contribution >= 0.6 is 0 Å². The predicted molar refractivity (Wildman–Crippen MR) is 72.8 cm³/mol. The molecule has 1 unspecified atom stereocenters. The number of benzene rings is 1. The maximum atomic E-state index is 5.82. The monoisotopic (exact) mass is 233 g/mol. The van der Waals surface area contributed by atoms with Crippen molar-refractivity contribution in [1.29, 1.82) is 0 Å². The Morgan fingerprint density at radius 2 is 2.24 bits per heavy atom. The highest BCUT2D eigenvalue weighted by Gasteiger charge is 2.24. The molecular weight excluding hydrogens is 210 g/mol. The molecule has 94 valence electrons. The molecule has 3 heteroatoms. The Hall–Kier alpha value is -1.06. The van der Waals surface area contributed by atoms with Crippen molar-refractivity contribution in [3.05, 3.63) is 29.8 Å². The van der Waals surface area contributed by atoms with Gasteiger partial charge in [-0.1, -0.05) is 12.1 Å². The normalized spacial score (nSPS) is 21.2. The number of likely N-dealkylation sites (N-methyl/N-ethyl adjacent to an activating group) is 1. The van der Waals surface area contributed by atoms with Crippen molar-refractivity contribution in [1.82, 2.24) is 9.80 Å². The second-order valence-electron chi connectivity index (χ2n) is 5.27. The van der Waals surface area contributed by atoms with Crippen LogP contribution in [-0.2, 0) is 6.54 Å². The van der Waals surface area contributed by atoms with E-state index in [4.69, 9.17) is 5.73 Å². The first kappa shape index (κ1) is 12.4. The molecule has 0 aliphatic carbocycles. The smallest absolute Gasteiger partial charge is 0.0317 e. The van der Waals surface area contributed by atoms with Crippen molar-refractivity contribution >= 4 is 5.69 Å². The molecule has 3 nitrogen and oxygen atoms in total. The summed E-state index contributed by atoms with van der Waals surface area (Å²) in [6.07, 6.45) is 2.64. The van der Waals surface area contributed by atoms with Gasteiger partial charge in [-0.05, 0) is 51.2 Å². The van der Waals surface area contributed by atoms with Crippen LogP contribution in [0.2, 0.25) is 0 Å². The summed E-state index contributed by atoms with van der Waals surface area (Å²) in [5.74, 6) is 0. The number of anilines is 1. The Morgan fingerprint density at radius 3 is 2.94 bits per heavy atom. The maximum absolute atomic E-state index is 5.82. The van der Waals surface area contributed by atoms with E-state index >= 15 is 0 Å². The zero-order chi connectivity index (χ0) is 12.3. The van der Waals surface area contributed by atoms with Gasteiger partial charge in [-0.2, -0.15) is 0 Å². The van der Waals surface area contributed by atoms with E-state index in [0.29, 0.717) is 6.04 Å². The first-order chi connectivity index (χ1) is 8.15. The lowest BCUT2D eigenvalue weighted by Gasteiger charge is -2.27. The molecule has 1 saturated heterocycles. The number of hydrogen-bond donors (Lipinski definition) is 1. The third kappa shape index (κ3) is 3.45. The molecule has 1 atom stereocenters. The third-order valence-electron chi connectivity index (χ3n) is 3.41. The van der Waals surface area contributed by atoms with E-state index in [1.165, 1.54) is 24.9 Å². The lowest BCUT2D eigenvalue weighted by molar-refractivity contribution is 0.201. The molecule has 0 spiro atoms. The zero-order valence-corrected chi connectivity index (χ0v) is 10.9. The lowest BCUT2D eigenvalue weighted by atomic mass is 10.1. The van der Waals surface area contributed by atoms with Crippen LogP contribution in [0.25, 0.3) is 0 Å². The SMILES string of the molecule is CN(C)CC1CCCN1Cc1cccc(N)c1. The first-order valence-corrected chi connectivity index (χ1v) is 6.38. The molecule has 1 heterocycles. The van der Waals surface area contributed by atoms with Gasteiger partial charge in [-0.3, -0.25) is 4.90 Å². The Labute approximate surface area is 104 Å². The number of nitrogens with two attached hydrogens (primary N) is 1. The van der Waals surface area contributed by atoms with Crippen molar-refractivity contribution in [3.8, 4) is 0 Å². The molecule has 0 bridgehead atoms. The fraction of sp³-hybridized carbons (Fsp3) is 0.571. The van der Waals surface area contributed by atoms with E-state index < -0.39 is 0 Å². The van der Waals surface area contributed by atoms with E-state index in [2.05, 4.69) is 36.0 Å². The van der Waals surface area contributed by atoms with Gasteiger partial charge in [-0.15, -0.1) is 0 Å². The Morgan fingerprint density at radius 1 is 1.41 bits per heavy atom. The molecule has 0 aromatic heterocycles. The van der Waals surface area contributed by atoms with Gasteiger partial charge in [0, 0.05) is 24.8 Å². The van der Waals surface area contributed by atoms with E-state index in [9.17, 15) is 0 Å². The van der Waals surface area contributed by atoms with Crippen molar-refractivity contribution in [2.75, 3.05) is 32.9 Å². The summed E-state index contributed by atoms with van der Waals surface area (Å²) >= 11 is 0. The number of nitrogens with zero attached hydrogens (tertiary/aromatic N) is 2. The van der Waals surface area contributed by atoms with Gasteiger partial charge in [0.2, 0.25) is 0 Å². The molecule has 1 aliphatic heterocycles. The van der Waals surface area contributed by atoms with Crippen molar-refractivity contribution in [3.63, 3.8) is 0 Å². The Bertz CT molecular complexity index is 362. The van der Waals surface area contributed by atoms with Gasteiger partial charge in [-0.25, -0.2) is 0 Å². The summed E-state index contributed by atoms with van der Waals surface area (Å²) in [6.45, 7) is 3.40. The highest BCUT2D eigenvalue weighted by atomic mass is 15.2. The van der Waals surface area contributed by atoms with Crippen LogP contribution in [0.1, 0.15) is 18.4 Å². The zero-order valence-electron chi connectivity index (χ0n) is 10.9. The van der Waals surface area contributed by atoms with Crippen LogP contribution < -0.4 is 5.73 Å². The van der Waals surface area contributed by atoms with E-state index in [1.54, 1.807) is 0 Å². The largest absolute Gasteiger partial charge is 0.399 e. The van der Waals surface area contributed by atoms with Gasteiger partial charge >= 0.3 is 0 Å². The highest BCUT2D eigenvalue weighted by molar-refractivity contribution is 5.40. The summed E-state index contributed by atoms with van der Waals surface area (Å²) in [5, 5.41) is 0.